The lowest BCUT2D eigenvalue weighted by atomic mass is 10.1. The molecule has 166 valence electrons. The molecule has 5 rings (SSSR count). The van der Waals surface area contributed by atoms with Crippen LogP contribution in [0.25, 0.3) is 11.4 Å². The van der Waals surface area contributed by atoms with Crippen LogP contribution in [0.15, 0.2) is 59.8 Å². The molecule has 0 unspecified atom stereocenters. The molecule has 32 heavy (non-hydrogen) atoms. The molecule has 2 aromatic heterocycles. The van der Waals surface area contributed by atoms with E-state index in [1.54, 1.807) is 24.3 Å². The molecule has 1 aliphatic heterocycles. The fourth-order valence-electron chi connectivity index (χ4n) is 4.16. The quantitative estimate of drug-likeness (QED) is 0.590. The zero-order chi connectivity index (χ0) is 22.3. The molecule has 0 radical (unpaired) electrons. The minimum atomic E-state index is -3.64. The number of nitrogens with two attached hydrogens (primary N) is 1. The summed E-state index contributed by atoms with van der Waals surface area (Å²) in [6.07, 6.45) is 4.05. The zero-order valence-electron chi connectivity index (χ0n) is 17.8. The van der Waals surface area contributed by atoms with Gasteiger partial charge in [0, 0.05) is 36.3 Å². The second-order valence-electron chi connectivity index (χ2n) is 8.35. The van der Waals surface area contributed by atoms with Crippen molar-refractivity contribution in [3.8, 4) is 11.4 Å². The van der Waals surface area contributed by atoms with Gasteiger partial charge in [0.15, 0.2) is 15.7 Å². The molecule has 1 aromatic carbocycles. The molecule has 1 saturated heterocycles. The Labute approximate surface area is 187 Å². The van der Waals surface area contributed by atoms with Gasteiger partial charge in [0.05, 0.1) is 29.8 Å². The SMILES string of the molecule is C[C@H]1COCCN1c1cc(C2(S(=O)(=O)c3ccncc3)CC2)nc(-c2ccc(N)cc2)n1. The van der Waals surface area contributed by atoms with Gasteiger partial charge in [-0.3, -0.25) is 4.98 Å². The Morgan fingerprint density at radius 2 is 1.81 bits per heavy atom. The van der Waals surface area contributed by atoms with E-state index in [1.807, 2.05) is 18.2 Å². The number of rotatable bonds is 5. The zero-order valence-corrected chi connectivity index (χ0v) is 18.6. The van der Waals surface area contributed by atoms with Crippen LogP contribution in [0, 0.1) is 0 Å². The van der Waals surface area contributed by atoms with Crippen molar-refractivity contribution in [3.05, 3.63) is 60.6 Å². The summed E-state index contributed by atoms with van der Waals surface area (Å²) < 4.78 is 31.8. The average molecular weight is 452 g/mol. The van der Waals surface area contributed by atoms with Gasteiger partial charge in [-0.2, -0.15) is 0 Å². The first kappa shape index (κ1) is 20.8. The van der Waals surface area contributed by atoms with Gasteiger partial charge in [0.1, 0.15) is 10.6 Å². The van der Waals surface area contributed by atoms with Gasteiger partial charge < -0.3 is 15.4 Å². The maximum absolute atomic E-state index is 13.6. The number of anilines is 2. The number of pyridine rings is 1. The minimum Gasteiger partial charge on any atom is -0.399 e. The Bertz CT molecular complexity index is 1230. The fraction of sp³-hybridized carbons (Fsp3) is 0.348. The lowest BCUT2D eigenvalue weighted by Gasteiger charge is -2.34. The molecule has 2 N–H and O–H groups in total. The Morgan fingerprint density at radius 3 is 2.47 bits per heavy atom. The maximum atomic E-state index is 13.6. The first-order valence-electron chi connectivity index (χ1n) is 10.7. The van der Waals surface area contributed by atoms with E-state index < -0.39 is 14.6 Å². The molecule has 0 bridgehead atoms. The Balaban J connectivity index is 1.65. The van der Waals surface area contributed by atoms with Crippen molar-refractivity contribution >= 4 is 21.3 Å². The van der Waals surface area contributed by atoms with Crippen LogP contribution in [0.5, 0.6) is 0 Å². The minimum absolute atomic E-state index is 0.123. The standard InChI is InChI=1S/C23H25N5O3S/c1-16-15-31-13-12-28(16)21-14-20(26-22(27-21)17-2-4-18(24)5-3-17)23(8-9-23)32(29,30)19-6-10-25-11-7-19/h2-7,10-11,14,16H,8-9,12-13,15,24H2,1H3/t16-/m0/s1. The van der Waals surface area contributed by atoms with Crippen LogP contribution >= 0.6 is 0 Å². The van der Waals surface area contributed by atoms with Crippen molar-refractivity contribution in [2.45, 2.75) is 35.4 Å². The maximum Gasteiger partial charge on any atom is 0.189 e. The van der Waals surface area contributed by atoms with Crippen LogP contribution < -0.4 is 10.6 Å². The number of hydrogen-bond acceptors (Lipinski definition) is 8. The van der Waals surface area contributed by atoms with Crippen LogP contribution in [-0.2, 0) is 19.3 Å². The molecule has 0 amide bonds. The largest absolute Gasteiger partial charge is 0.399 e. The highest BCUT2D eigenvalue weighted by Gasteiger charge is 2.58. The van der Waals surface area contributed by atoms with Gasteiger partial charge in [-0.25, -0.2) is 18.4 Å². The highest BCUT2D eigenvalue weighted by Crippen LogP contribution is 2.55. The second kappa shape index (κ2) is 7.83. The van der Waals surface area contributed by atoms with E-state index in [-0.39, 0.29) is 10.9 Å². The lowest BCUT2D eigenvalue weighted by molar-refractivity contribution is 0.0985. The summed E-state index contributed by atoms with van der Waals surface area (Å²) in [4.78, 5) is 16.0. The number of sulfone groups is 1. The molecule has 0 spiro atoms. The van der Waals surface area contributed by atoms with Crippen molar-refractivity contribution in [1.82, 2.24) is 15.0 Å². The van der Waals surface area contributed by atoms with Crippen LogP contribution in [0.1, 0.15) is 25.5 Å². The van der Waals surface area contributed by atoms with E-state index in [2.05, 4.69) is 16.8 Å². The summed E-state index contributed by atoms with van der Waals surface area (Å²) in [5.74, 6) is 1.21. The Hall–Kier alpha value is -3.04. The number of hydrogen-bond donors (Lipinski definition) is 1. The number of morpholine rings is 1. The van der Waals surface area contributed by atoms with Gasteiger partial charge in [-0.15, -0.1) is 0 Å². The normalized spacial score (nSPS) is 20.2. The van der Waals surface area contributed by atoms with E-state index in [4.69, 9.17) is 20.4 Å². The molecule has 3 heterocycles. The summed E-state index contributed by atoms with van der Waals surface area (Å²) in [7, 11) is -3.64. The Morgan fingerprint density at radius 1 is 1.09 bits per heavy atom. The molecule has 9 heteroatoms. The van der Waals surface area contributed by atoms with Crippen LogP contribution in [-0.4, -0.2) is 49.2 Å². The van der Waals surface area contributed by atoms with Crippen LogP contribution in [0.3, 0.4) is 0 Å². The van der Waals surface area contributed by atoms with Gasteiger partial charge in [0.25, 0.3) is 0 Å². The molecular formula is C23H25N5O3S. The molecule has 1 atom stereocenters. The van der Waals surface area contributed by atoms with E-state index in [0.29, 0.717) is 55.6 Å². The summed E-state index contributed by atoms with van der Waals surface area (Å²) in [6, 6.07) is 12.4. The first-order valence-corrected chi connectivity index (χ1v) is 12.1. The van der Waals surface area contributed by atoms with Gasteiger partial charge >= 0.3 is 0 Å². The summed E-state index contributed by atoms with van der Waals surface area (Å²) in [5, 5.41) is 0. The molecule has 2 aliphatic rings. The number of nitrogens with zero attached hydrogens (tertiary/aromatic N) is 4. The number of nitrogen functional groups attached to an aromatic ring is 1. The van der Waals surface area contributed by atoms with Gasteiger partial charge in [-0.05, 0) is 56.2 Å². The third-order valence-corrected chi connectivity index (χ3v) is 8.73. The Kier molecular flexibility index (Phi) is 5.10. The molecule has 3 aromatic rings. The molecule has 1 saturated carbocycles. The van der Waals surface area contributed by atoms with Crippen molar-refractivity contribution < 1.29 is 13.2 Å². The van der Waals surface area contributed by atoms with Crippen molar-refractivity contribution in [2.75, 3.05) is 30.4 Å². The summed E-state index contributed by atoms with van der Waals surface area (Å²) in [6.45, 7) is 3.95. The topological polar surface area (TPSA) is 111 Å². The highest BCUT2D eigenvalue weighted by molar-refractivity contribution is 7.92. The third-order valence-electron chi connectivity index (χ3n) is 6.19. The second-order valence-corrected chi connectivity index (χ2v) is 10.6. The van der Waals surface area contributed by atoms with Gasteiger partial charge in [-0.1, -0.05) is 0 Å². The van der Waals surface area contributed by atoms with Crippen LogP contribution in [0.2, 0.25) is 0 Å². The van der Waals surface area contributed by atoms with E-state index in [0.717, 1.165) is 5.56 Å². The van der Waals surface area contributed by atoms with E-state index in [1.165, 1.54) is 12.4 Å². The van der Waals surface area contributed by atoms with Crippen molar-refractivity contribution in [3.63, 3.8) is 0 Å². The monoisotopic (exact) mass is 451 g/mol. The van der Waals surface area contributed by atoms with Crippen molar-refractivity contribution in [1.29, 1.82) is 0 Å². The highest BCUT2D eigenvalue weighted by atomic mass is 32.2. The predicted octanol–water partition coefficient (Wildman–Crippen LogP) is 2.81. The summed E-state index contributed by atoms with van der Waals surface area (Å²) >= 11 is 0. The summed E-state index contributed by atoms with van der Waals surface area (Å²) in [5.41, 5.74) is 7.82. The third kappa shape index (κ3) is 3.51. The molecule has 8 nitrogen and oxygen atoms in total. The van der Waals surface area contributed by atoms with E-state index >= 15 is 0 Å². The van der Waals surface area contributed by atoms with Crippen molar-refractivity contribution in [2.24, 2.45) is 0 Å². The van der Waals surface area contributed by atoms with E-state index in [9.17, 15) is 8.42 Å². The number of ether oxygens (including phenoxy) is 1. The average Bonchev–Trinajstić information content (AvgIpc) is 3.63. The predicted molar refractivity (Wildman–Crippen MR) is 122 cm³/mol. The number of benzene rings is 1. The molecule has 2 fully saturated rings. The lowest BCUT2D eigenvalue weighted by Crippen LogP contribution is -2.44. The molecular weight excluding hydrogens is 426 g/mol. The van der Waals surface area contributed by atoms with Crippen LogP contribution in [0.4, 0.5) is 11.5 Å². The molecule has 1 aliphatic carbocycles. The first-order chi connectivity index (χ1) is 15.4. The fourth-order valence-corrected chi connectivity index (χ4v) is 6.11. The number of aromatic nitrogens is 3. The smallest absolute Gasteiger partial charge is 0.189 e. The van der Waals surface area contributed by atoms with Gasteiger partial charge in [0.2, 0.25) is 0 Å².